The van der Waals surface area contributed by atoms with E-state index in [4.69, 9.17) is 13.9 Å². The van der Waals surface area contributed by atoms with Crippen LogP contribution < -0.4 is 20.3 Å². The third-order valence-electron chi connectivity index (χ3n) is 5.51. The summed E-state index contributed by atoms with van der Waals surface area (Å²) in [5, 5.41) is 0.323. The highest BCUT2D eigenvalue weighted by Gasteiger charge is 2.34. The fraction of sp³-hybridized carbons (Fsp3) is 0.450. The lowest BCUT2D eigenvalue weighted by Gasteiger charge is -2.23. The van der Waals surface area contributed by atoms with E-state index in [-0.39, 0.29) is 24.8 Å². The first-order chi connectivity index (χ1) is 13.8. The molecule has 7 nitrogen and oxygen atoms in total. The molecule has 1 aromatic carbocycles. The van der Waals surface area contributed by atoms with Gasteiger partial charge in [0.2, 0.25) is 12.7 Å². The van der Waals surface area contributed by atoms with Crippen molar-refractivity contribution >= 4 is 17.7 Å². The van der Waals surface area contributed by atoms with Gasteiger partial charge in [0.15, 0.2) is 11.5 Å². The number of fused-ring (bicyclic) bond motifs is 1. The average Bonchev–Trinajstić information content (AvgIpc) is 3.46. The number of carbonyl (C=O) groups is 1. The van der Waals surface area contributed by atoms with E-state index in [2.05, 4.69) is 10.9 Å². The Bertz CT molecular complexity index is 844. The summed E-state index contributed by atoms with van der Waals surface area (Å²) in [6.07, 6.45) is 3.34. The standard InChI is InChI=1S/C20H23N3O4S/c24-20(23-6-5-19(28-9-7-23)17-2-1-8-25-17)15-11-14(21-22-15)13-3-4-16-18(10-13)27-12-26-16/h1-4,8,10,14-15,19,21-22H,5-7,9,11-12H2. The second-order valence-electron chi connectivity index (χ2n) is 7.23. The minimum atomic E-state index is -0.222. The number of furan rings is 1. The zero-order valence-electron chi connectivity index (χ0n) is 15.4. The molecule has 1 aromatic heterocycles. The quantitative estimate of drug-likeness (QED) is 0.819. The van der Waals surface area contributed by atoms with Crippen molar-refractivity contribution in [3.8, 4) is 11.5 Å². The molecule has 0 spiro atoms. The molecule has 2 aromatic rings. The molecule has 1 amide bonds. The molecule has 2 fully saturated rings. The van der Waals surface area contributed by atoms with Crippen molar-refractivity contribution in [2.24, 2.45) is 0 Å². The number of hydrazine groups is 1. The second kappa shape index (κ2) is 7.69. The van der Waals surface area contributed by atoms with Crippen molar-refractivity contribution in [2.45, 2.75) is 30.2 Å². The lowest BCUT2D eigenvalue weighted by molar-refractivity contribution is -0.133. The molecule has 0 saturated carbocycles. The molecular weight excluding hydrogens is 378 g/mol. The number of amides is 1. The second-order valence-corrected chi connectivity index (χ2v) is 8.54. The Kier molecular flexibility index (Phi) is 4.92. The molecule has 0 radical (unpaired) electrons. The van der Waals surface area contributed by atoms with Crippen LogP contribution in [0.4, 0.5) is 0 Å². The predicted molar refractivity (Wildman–Crippen MR) is 105 cm³/mol. The van der Waals surface area contributed by atoms with Gasteiger partial charge in [-0.15, -0.1) is 11.8 Å². The van der Waals surface area contributed by atoms with E-state index in [9.17, 15) is 4.79 Å². The van der Waals surface area contributed by atoms with Crippen LogP contribution in [-0.2, 0) is 4.79 Å². The van der Waals surface area contributed by atoms with Gasteiger partial charge in [-0.2, -0.15) is 0 Å². The van der Waals surface area contributed by atoms with Crippen LogP contribution in [0.1, 0.15) is 35.5 Å². The topological polar surface area (TPSA) is 76.0 Å². The number of ether oxygens (including phenoxy) is 2. The van der Waals surface area contributed by atoms with Crippen LogP contribution in [0.5, 0.6) is 11.5 Å². The first-order valence-electron chi connectivity index (χ1n) is 9.62. The Morgan fingerprint density at radius 1 is 1.14 bits per heavy atom. The van der Waals surface area contributed by atoms with E-state index < -0.39 is 0 Å². The first kappa shape index (κ1) is 17.9. The highest BCUT2D eigenvalue weighted by atomic mass is 32.2. The molecule has 0 bridgehead atoms. The van der Waals surface area contributed by atoms with Crippen molar-refractivity contribution in [1.29, 1.82) is 0 Å². The number of carbonyl (C=O) groups excluding carboxylic acids is 1. The van der Waals surface area contributed by atoms with Gasteiger partial charge in [-0.3, -0.25) is 4.79 Å². The summed E-state index contributed by atoms with van der Waals surface area (Å²) in [7, 11) is 0. The van der Waals surface area contributed by atoms with Crippen LogP contribution in [0.3, 0.4) is 0 Å². The Morgan fingerprint density at radius 2 is 2.07 bits per heavy atom. The normalized spacial score (nSPS) is 27.0. The van der Waals surface area contributed by atoms with Crippen LogP contribution in [0.2, 0.25) is 0 Å². The third kappa shape index (κ3) is 3.47. The molecule has 3 aliphatic heterocycles. The lowest BCUT2D eigenvalue weighted by Crippen LogP contribution is -2.46. The maximum absolute atomic E-state index is 13.1. The maximum atomic E-state index is 13.1. The van der Waals surface area contributed by atoms with E-state index in [1.54, 1.807) is 6.26 Å². The number of thioether (sulfide) groups is 1. The Hall–Kier alpha value is -2.16. The summed E-state index contributed by atoms with van der Waals surface area (Å²) in [5.74, 6) is 3.63. The predicted octanol–water partition coefficient (Wildman–Crippen LogP) is 2.62. The van der Waals surface area contributed by atoms with Gasteiger partial charge in [0.25, 0.3) is 0 Å². The molecular formula is C20H23N3O4S. The lowest BCUT2D eigenvalue weighted by atomic mass is 10.0. The summed E-state index contributed by atoms with van der Waals surface area (Å²) >= 11 is 1.86. The largest absolute Gasteiger partial charge is 0.468 e. The van der Waals surface area contributed by atoms with Gasteiger partial charge in [0, 0.05) is 24.9 Å². The Morgan fingerprint density at radius 3 is 2.96 bits per heavy atom. The van der Waals surface area contributed by atoms with Gasteiger partial charge in [0.05, 0.1) is 11.5 Å². The van der Waals surface area contributed by atoms with Gasteiger partial charge in [-0.1, -0.05) is 6.07 Å². The number of nitrogens with zero attached hydrogens (tertiary/aromatic N) is 1. The van der Waals surface area contributed by atoms with Crippen LogP contribution in [0.15, 0.2) is 41.0 Å². The number of benzene rings is 1. The minimum absolute atomic E-state index is 0.0701. The SMILES string of the molecule is O=C(C1CC(c2ccc3c(c2)OCO3)NN1)N1CCSC(c2ccco2)CC1. The van der Waals surface area contributed by atoms with Crippen molar-refractivity contribution in [1.82, 2.24) is 15.8 Å². The summed E-state index contributed by atoms with van der Waals surface area (Å²) < 4.78 is 16.4. The molecule has 2 saturated heterocycles. The molecule has 0 aliphatic carbocycles. The zero-order valence-corrected chi connectivity index (χ0v) is 16.2. The Balaban J connectivity index is 1.20. The third-order valence-corrected chi connectivity index (χ3v) is 6.80. The van der Waals surface area contributed by atoms with Crippen molar-refractivity contribution < 1.29 is 18.7 Å². The summed E-state index contributed by atoms with van der Waals surface area (Å²) in [6, 6.07) is 9.74. The van der Waals surface area contributed by atoms with E-state index in [1.807, 2.05) is 47.0 Å². The monoisotopic (exact) mass is 401 g/mol. The van der Waals surface area contributed by atoms with Gasteiger partial charge in [-0.25, -0.2) is 10.9 Å². The number of rotatable bonds is 3. The van der Waals surface area contributed by atoms with Crippen LogP contribution in [-0.4, -0.2) is 42.5 Å². The first-order valence-corrected chi connectivity index (χ1v) is 10.7. The minimum Gasteiger partial charge on any atom is -0.468 e. The van der Waals surface area contributed by atoms with Gasteiger partial charge < -0.3 is 18.8 Å². The molecule has 8 heteroatoms. The zero-order chi connectivity index (χ0) is 18.9. The Labute approximate surface area is 167 Å². The molecule has 148 valence electrons. The molecule has 3 aliphatic rings. The highest BCUT2D eigenvalue weighted by Crippen LogP contribution is 2.37. The van der Waals surface area contributed by atoms with Crippen LogP contribution >= 0.6 is 11.8 Å². The van der Waals surface area contributed by atoms with E-state index >= 15 is 0 Å². The number of nitrogens with one attached hydrogen (secondary N) is 2. The molecule has 2 N–H and O–H groups in total. The van der Waals surface area contributed by atoms with Gasteiger partial charge in [0.1, 0.15) is 11.8 Å². The van der Waals surface area contributed by atoms with E-state index in [1.165, 1.54) is 0 Å². The fourth-order valence-electron chi connectivity index (χ4n) is 3.98. The molecule has 3 atom stereocenters. The summed E-state index contributed by atoms with van der Waals surface area (Å²) in [5.41, 5.74) is 7.55. The molecule has 3 unspecified atom stereocenters. The van der Waals surface area contributed by atoms with Crippen molar-refractivity contribution in [3.63, 3.8) is 0 Å². The maximum Gasteiger partial charge on any atom is 0.241 e. The smallest absolute Gasteiger partial charge is 0.241 e. The van der Waals surface area contributed by atoms with Crippen LogP contribution in [0, 0.1) is 0 Å². The molecule has 4 heterocycles. The summed E-state index contributed by atoms with van der Waals surface area (Å²) in [4.78, 5) is 15.0. The van der Waals surface area contributed by atoms with E-state index in [0.717, 1.165) is 48.1 Å². The average molecular weight is 401 g/mol. The van der Waals surface area contributed by atoms with Gasteiger partial charge >= 0.3 is 0 Å². The van der Waals surface area contributed by atoms with Crippen LogP contribution in [0.25, 0.3) is 0 Å². The van der Waals surface area contributed by atoms with Crippen molar-refractivity contribution in [3.05, 3.63) is 47.9 Å². The van der Waals surface area contributed by atoms with E-state index in [0.29, 0.717) is 11.7 Å². The number of hydrogen-bond donors (Lipinski definition) is 2. The summed E-state index contributed by atoms with van der Waals surface area (Å²) in [6.45, 7) is 1.79. The number of hydrogen-bond acceptors (Lipinski definition) is 7. The fourth-order valence-corrected chi connectivity index (χ4v) is 5.16. The highest BCUT2D eigenvalue weighted by molar-refractivity contribution is 7.99. The van der Waals surface area contributed by atoms with Crippen molar-refractivity contribution in [2.75, 3.05) is 25.6 Å². The molecule has 28 heavy (non-hydrogen) atoms. The van der Waals surface area contributed by atoms with Gasteiger partial charge in [-0.05, 0) is 42.7 Å². The molecule has 5 rings (SSSR count).